The molecule has 1 aromatic carbocycles. The maximum absolute atomic E-state index is 12.5. The van der Waals surface area contributed by atoms with E-state index < -0.39 is 10.0 Å². The summed E-state index contributed by atoms with van der Waals surface area (Å²) in [5.74, 6) is 2.49. The molecule has 6 nitrogen and oxygen atoms in total. The summed E-state index contributed by atoms with van der Waals surface area (Å²) in [6, 6.07) is 6.42. The summed E-state index contributed by atoms with van der Waals surface area (Å²) >= 11 is 0. The third kappa shape index (κ3) is 3.77. The molecule has 2 N–H and O–H groups in total. The van der Waals surface area contributed by atoms with Crippen LogP contribution in [0.3, 0.4) is 0 Å². The Morgan fingerprint density at radius 3 is 2.81 bits per heavy atom. The summed E-state index contributed by atoms with van der Waals surface area (Å²) in [6.07, 6.45) is 7.08. The van der Waals surface area contributed by atoms with Gasteiger partial charge in [0, 0.05) is 25.1 Å². The molecule has 1 aromatic rings. The van der Waals surface area contributed by atoms with Gasteiger partial charge >= 0.3 is 0 Å². The van der Waals surface area contributed by atoms with E-state index >= 15 is 0 Å². The number of nitrogens with one attached hydrogen (secondary N) is 2. The highest BCUT2D eigenvalue weighted by atomic mass is 32.2. The number of fused-ring (bicyclic) bond motifs is 2. The predicted octanol–water partition coefficient (Wildman–Crippen LogP) is 2.92. The van der Waals surface area contributed by atoms with Crippen LogP contribution in [0, 0.1) is 17.8 Å². The number of hydrogen-bond acceptors (Lipinski definition) is 4. The molecule has 0 unspecified atom stereocenters. The maximum atomic E-state index is 12.5. The van der Waals surface area contributed by atoms with Crippen molar-refractivity contribution >= 4 is 27.5 Å². The Bertz CT molecular complexity index is 834. The SMILES string of the molecule is O=C(C[C@@H]1C[C@H]2CC[C@@H]1C2)Nc1cccc(S(=O)(=O)NC2=NCCC2)c1. The van der Waals surface area contributed by atoms with E-state index in [2.05, 4.69) is 15.0 Å². The molecule has 1 amide bonds. The highest BCUT2D eigenvalue weighted by molar-refractivity contribution is 7.90. The average molecular weight is 375 g/mol. The Morgan fingerprint density at radius 2 is 2.12 bits per heavy atom. The van der Waals surface area contributed by atoms with Crippen molar-refractivity contribution in [3.63, 3.8) is 0 Å². The van der Waals surface area contributed by atoms with Crippen molar-refractivity contribution in [1.29, 1.82) is 0 Å². The van der Waals surface area contributed by atoms with Gasteiger partial charge in [0.15, 0.2) is 0 Å². The van der Waals surface area contributed by atoms with E-state index in [1.165, 1.54) is 37.8 Å². The van der Waals surface area contributed by atoms with Crippen molar-refractivity contribution in [3.8, 4) is 0 Å². The Labute approximate surface area is 154 Å². The Kier molecular flexibility index (Phi) is 4.73. The summed E-state index contributed by atoms with van der Waals surface area (Å²) in [5, 5.41) is 2.87. The molecular formula is C19H25N3O3S. The largest absolute Gasteiger partial charge is 0.326 e. The molecule has 0 saturated heterocycles. The molecule has 140 valence electrons. The topological polar surface area (TPSA) is 87.6 Å². The minimum absolute atomic E-state index is 0.0229. The Balaban J connectivity index is 1.39. The lowest BCUT2D eigenvalue weighted by Crippen LogP contribution is -2.29. The van der Waals surface area contributed by atoms with Gasteiger partial charge in [-0.15, -0.1) is 0 Å². The van der Waals surface area contributed by atoms with E-state index in [9.17, 15) is 13.2 Å². The summed E-state index contributed by atoms with van der Waals surface area (Å²) in [4.78, 5) is 16.7. The van der Waals surface area contributed by atoms with Crippen LogP contribution >= 0.6 is 0 Å². The van der Waals surface area contributed by atoms with Crippen molar-refractivity contribution in [2.24, 2.45) is 22.7 Å². The number of rotatable bonds is 5. The van der Waals surface area contributed by atoms with Gasteiger partial charge in [-0.05, 0) is 61.6 Å². The quantitative estimate of drug-likeness (QED) is 0.829. The molecule has 1 heterocycles. The van der Waals surface area contributed by atoms with E-state index in [0.717, 1.165) is 12.3 Å². The molecule has 3 atom stereocenters. The van der Waals surface area contributed by atoms with E-state index in [-0.39, 0.29) is 10.8 Å². The fraction of sp³-hybridized carbons (Fsp3) is 0.579. The van der Waals surface area contributed by atoms with Gasteiger partial charge in [0.1, 0.15) is 5.84 Å². The first kappa shape index (κ1) is 17.5. The zero-order valence-corrected chi connectivity index (χ0v) is 15.6. The second-order valence-corrected chi connectivity index (χ2v) is 9.43. The summed E-state index contributed by atoms with van der Waals surface area (Å²) in [5.41, 5.74) is 0.523. The summed E-state index contributed by atoms with van der Waals surface area (Å²) < 4.78 is 27.5. The van der Waals surface area contributed by atoms with Crippen molar-refractivity contribution in [2.75, 3.05) is 11.9 Å². The van der Waals surface area contributed by atoms with Crippen LogP contribution in [-0.4, -0.2) is 26.7 Å². The van der Waals surface area contributed by atoms with E-state index in [0.29, 0.717) is 42.7 Å². The van der Waals surface area contributed by atoms with Crippen LogP contribution in [0.25, 0.3) is 0 Å². The minimum atomic E-state index is -3.66. The Hall–Kier alpha value is -1.89. The number of benzene rings is 1. The van der Waals surface area contributed by atoms with Crippen LogP contribution in [-0.2, 0) is 14.8 Å². The number of hydrogen-bond donors (Lipinski definition) is 2. The normalized spacial score (nSPS) is 27.4. The number of carbonyl (C=O) groups is 1. The second-order valence-electron chi connectivity index (χ2n) is 7.75. The van der Waals surface area contributed by atoms with Gasteiger partial charge in [-0.2, -0.15) is 0 Å². The molecule has 1 aliphatic heterocycles. The number of anilines is 1. The number of nitrogens with zero attached hydrogens (tertiary/aromatic N) is 1. The lowest BCUT2D eigenvalue weighted by molar-refractivity contribution is -0.117. The molecule has 0 spiro atoms. The van der Waals surface area contributed by atoms with E-state index in [1.807, 2.05) is 0 Å². The number of sulfonamides is 1. The van der Waals surface area contributed by atoms with E-state index in [4.69, 9.17) is 0 Å². The van der Waals surface area contributed by atoms with Gasteiger partial charge < -0.3 is 5.32 Å². The lowest BCUT2D eigenvalue weighted by atomic mass is 9.86. The van der Waals surface area contributed by atoms with Crippen molar-refractivity contribution in [2.45, 2.75) is 49.8 Å². The van der Waals surface area contributed by atoms with Gasteiger partial charge in [-0.25, -0.2) is 8.42 Å². The second kappa shape index (κ2) is 7.02. The number of carbonyl (C=O) groups excluding carboxylic acids is 1. The Morgan fingerprint density at radius 1 is 1.23 bits per heavy atom. The zero-order valence-electron chi connectivity index (χ0n) is 14.8. The van der Waals surface area contributed by atoms with Gasteiger partial charge in [-0.1, -0.05) is 12.5 Å². The zero-order chi connectivity index (χ0) is 18.1. The summed E-state index contributed by atoms with van der Waals surface area (Å²) in [7, 11) is -3.66. The molecule has 0 aromatic heterocycles. The first-order valence-electron chi connectivity index (χ1n) is 9.46. The van der Waals surface area contributed by atoms with Gasteiger partial charge in [0.25, 0.3) is 10.0 Å². The maximum Gasteiger partial charge on any atom is 0.262 e. The van der Waals surface area contributed by atoms with Gasteiger partial charge in [0.05, 0.1) is 4.90 Å². The highest BCUT2D eigenvalue weighted by Crippen LogP contribution is 2.49. The number of aliphatic imine (C=N–C) groups is 1. The first-order chi connectivity index (χ1) is 12.5. The molecule has 2 saturated carbocycles. The standard InChI is InChI=1S/C19H25N3O3S/c23-19(11-15-10-13-6-7-14(15)9-13)21-16-3-1-4-17(12-16)26(24,25)22-18-5-2-8-20-18/h1,3-4,12-15H,2,5-11H2,(H,20,22)(H,21,23)/t13-,14+,15-/m0/s1. The molecule has 4 rings (SSSR count). The number of amides is 1. The van der Waals surface area contributed by atoms with Crippen molar-refractivity contribution in [3.05, 3.63) is 24.3 Å². The molecule has 3 aliphatic rings. The molecule has 2 aliphatic carbocycles. The highest BCUT2D eigenvalue weighted by Gasteiger charge is 2.40. The van der Waals surface area contributed by atoms with Crippen LogP contribution in [0.15, 0.2) is 34.2 Å². The van der Waals surface area contributed by atoms with Gasteiger partial charge in [0.2, 0.25) is 5.91 Å². The minimum Gasteiger partial charge on any atom is -0.326 e. The lowest BCUT2D eigenvalue weighted by Gasteiger charge is -2.21. The molecule has 2 bridgehead atoms. The van der Waals surface area contributed by atoms with Crippen LogP contribution in [0.2, 0.25) is 0 Å². The van der Waals surface area contributed by atoms with Crippen LogP contribution in [0.4, 0.5) is 5.69 Å². The molecule has 2 fully saturated rings. The fourth-order valence-corrected chi connectivity index (χ4v) is 5.79. The molecular weight excluding hydrogens is 350 g/mol. The van der Waals surface area contributed by atoms with Crippen LogP contribution < -0.4 is 10.0 Å². The summed E-state index contributed by atoms with van der Waals surface area (Å²) in [6.45, 7) is 0.664. The van der Waals surface area contributed by atoms with Crippen LogP contribution in [0.1, 0.15) is 44.9 Å². The monoisotopic (exact) mass is 375 g/mol. The molecule has 26 heavy (non-hydrogen) atoms. The van der Waals surface area contributed by atoms with Crippen LogP contribution in [0.5, 0.6) is 0 Å². The third-order valence-corrected chi connectivity index (χ3v) is 7.27. The van der Waals surface area contributed by atoms with Crippen molar-refractivity contribution < 1.29 is 13.2 Å². The average Bonchev–Trinajstić information content (AvgIpc) is 3.33. The number of amidine groups is 1. The fourth-order valence-electron chi connectivity index (χ4n) is 4.65. The first-order valence-corrected chi connectivity index (χ1v) is 10.9. The molecule has 0 radical (unpaired) electrons. The van der Waals surface area contributed by atoms with Crippen molar-refractivity contribution in [1.82, 2.24) is 4.72 Å². The van der Waals surface area contributed by atoms with E-state index in [1.54, 1.807) is 12.1 Å². The molecule has 7 heteroatoms. The third-order valence-electron chi connectivity index (χ3n) is 5.89. The smallest absolute Gasteiger partial charge is 0.262 e. The van der Waals surface area contributed by atoms with Gasteiger partial charge in [-0.3, -0.25) is 14.5 Å². The predicted molar refractivity (Wildman–Crippen MR) is 100 cm³/mol.